The molecule has 0 bridgehead atoms. The van der Waals surface area contributed by atoms with E-state index in [1.54, 1.807) is 18.2 Å². The smallest absolute Gasteiger partial charge is 0.277 e. The Balaban J connectivity index is 1.26. The van der Waals surface area contributed by atoms with Gasteiger partial charge in [0.1, 0.15) is 0 Å². The van der Waals surface area contributed by atoms with E-state index in [1.807, 2.05) is 24.3 Å². The second kappa shape index (κ2) is 7.17. The Morgan fingerprint density at radius 2 is 1.57 bits per heavy atom. The fourth-order valence-electron chi connectivity index (χ4n) is 2.56. The number of benzene rings is 2. The van der Waals surface area contributed by atoms with Crippen molar-refractivity contribution >= 4 is 23.4 Å². The van der Waals surface area contributed by atoms with Crippen LogP contribution in [-0.4, -0.2) is 27.2 Å². The minimum atomic E-state index is 0.214. The van der Waals surface area contributed by atoms with Crippen LogP contribution in [0.25, 0.3) is 22.9 Å². The van der Waals surface area contributed by atoms with E-state index in [0.29, 0.717) is 45.2 Å². The van der Waals surface area contributed by atoms with Crippen molar-refractivity contribution in [1.82, 2.24) is 20.4 Å². The Morgan fingerprint density at radius 3 is 2.46 bits per heavy atom. The zero-order chi connectivity index (χ0) is 18.9. The van der Waals surface area contributed by atoms with Gasteiger partial charge in [-0.2, -0.15) is 0 Å². The lowest BCUT2D eigenvalue weighted by atomic mass is 10.2. The second-order valence-electron chi connectivity index (χ2n) is 5.74. The van der Waals surface area contributed by atoms with Gasteiger partial charge < -0.3 is 18.3 Å². The SMILES string of the molecule is Clc1ccc(-c2nnc(CSc3nnc(-c4ccc5c(c4)OCO5)o3)o2)cc1. The van der Waals surface area contributed by atoms with Crippen molar-refractivity contribution in [2.45, 2.75) is 11.0 Å². The van der Waals surface area contributed by atoms with Crippen molar-refractivity contribution in [2.24, 2.45) is 0 Å². The lowest BCUT2D eigenvalue weighted by Gasteiger charge is -1.97. The summed E-state index contributed by atoms with van der Waals surface area (Å²) in [5.41, 5.74) is 1.56. The van der Waals surface area contributed by atoms with Gasteiger partial charge >= 0.3 is 0 Å². The third kappa shape index (κ3) is 3.41. The summed E-state index contributed by atoms with van der Waals surface area (Å²) < 4.78 is 22.0. The topological polar surface area (TPSA) is 96.3 Å². The van der Waals surface area contributed by atoms with E-state index in [9.17, 15) is 0 Å². The van der Waals surface area contributed by atoms with Crippen molar-refractivity contribution in [1.29, 1.82) is 0 Å². The molecule has 0 saturated carbocycles. The van der Waals surface area contributed by atoms with Crippen molar-refractivity contribution in [3.05, 3.63) is 53.4 Å². The van der Waals surface area contributed by atoms with Crippen molar-refractivity contribution in [2.75, 3.05) is 6.79 Å². The third-order valence-corrected chi connectivity index (χ3v) is 4.96. The summed E-state index contributed by atoms with van der Waals surface area (Å²) in [6.07, 6.45) is 0. The summed E-state index contributed by atoms with van der Waals surface area (Å²) in [5.74, 6) is 3.05. The Labute approximate surface area is 167 Å². The number of nitrogens with zero attached hydrogens (tertiary/aromatic N) is 4. The van der Waals surface area contributed by atoms with E-state index >= 15 is 0 Å². The molecule has 2 aromatic heterocycles. The number of hydrogen-bond acceptors (Lipinski definition) is 9. The van der Waals surface area contributed by atoms with E-state index in [1.165, 1.54) is 11.8 Å². The summed E-state index contributed by atoms with van der Waals surface area (Å²) in [7, 11) is 0. The highest BCUT2D eigenvalue weighted by Crippen LogP contribution is 2.36. The van der Waals surface area contributed by atoms with Crippen LogP contribution in [-0.2, 0) is 5.75 Å². The summed E-state index contributed by atoms with van der Waals surface area (Å²) in [6, 6.07) is 12.6. The Kier molecular flexibility index (Phi) is 4.38. The highest BCUT2D eigenvalue weighted by molar-refractivity contribution is 7.98. The first-order chi connectivity index (χ1) is 13.7. The molecule has 1 aliphatic heterocycles. The molecule has 1 aliphatic rings. The first kappa shape index (κ1) is 17.1. The van der Waals surface area contributed by atoms with Crippen LogP contribution in [0.4, 0.5) is 0 Å². The van der Waals surface area contributed by atoms with Gasteiger partial charge in [-0.1, -0.05) is 23.4 Å². The van der Waals surface area contributed by atoms with Crippen LogP contribution in [0.5, 0.6) is 11.5 Å². The first-order valence-electron chi connectivity index (χ1n) is 8.19. The minimum Gasteiger partial charge on any atom is -0.454 e. The number of thioether (sulfide) groups is 1. The normalized spacial score (nSPS) is 12.5. The molecule has 140 valence electrons. The van der Waals surface area contributed by atoms with Gasteiger partial charge in [-0.05, 0) is 42.5 Å². The van der Waals surface area contributed by atoms with Gasteiger partial charge in [-0.3, -0.25) is 0 Å². The van der Waals surface area contributed by atoms with Gasteiger partial charge in [0.2, 0.25) is 24.5 Å². The number of aromatic nitrogens is 4. The highest BCUT2D eigenvalue weighted by Gasteiger charge is 2.17. The second-order valence-corrected chi connectivity index (χ2v) is 7.10. The van der Waals surface area contributed by atoms with E-state index in [0.717, 1.165) is 11.1 Å². The Hall–Kier alpha value is -3.04. The average Bonchev–Trinajstić information content (AvgIpc) is 3.46. The molecule has 0 fully saturated rings. The lowest BCUT2D eigenvalue weighted by molar-refractivity contribution is 0.174. The van der Waals surface area contributed by atoms with Crippen LogP contribution >= 0.6 is 23.4 Å². The van der Waals surface area contributed by atoms with E-state index in [-0.39, 0.29) is 6.79 Å². The monoisotopic (exact) mass is 414 g/mol. The van der Waals surface area contributed by atoms with Gasteiger partial charge in [0.05, 0.1) is 5.75 Å². The van der Waals surface area contributed by atoms with Crippen LogP contribution in [0.3, 0.4) is 0 Å². The maximum absolute atomic E-state index is 5.89. The predicted octanol–water partition coefficient (Wildman–Crippen LogP) is 4.46. The molecule has 28 heavy (non-hydrogen) atoms. The number of rotatable bonds is 5. The maximum atomic E-state index is 5.89. The van der Waals surface area contributed by atoms with Gasteiger partial charge in [-0.25, -0.2) is 0 Å². The first-order valence-corrected chi connectivity index (χ1v) is 9.55. The van der Waals surface area contributed by atoms with Crippen LogP contribution in [0, 0.1) is 0 Å². The van der Waals surface area contributed by atoms with E-state index in [4.69, 9.17) is 29.9 Å². The standard InChI is InChI=1S/C18H11ClN4O4S/c19-12-4-1-10(2-5-12)16-21-20-15(26-16)8-28-18-23-22-17(27-18)11-3-6-13-14(7-11)25-9-24-13/h1-7H,8-9H2. The number of ether oxygens (including phenoxy) is 2. The number of halogens is 1. The molecular weight excluding hydrogens is 404 g/mol. The zero-order valence-corrected chi connectivity index (χ0v) is 15.7. The van der Waals surface area contributed by atoms with E-state index in [2.05, 4.69) is 20.4 Å². The molecule has 0 unspecified atom stereocenters. The predicted molar refractivity (Wildman–Crippen MR) is 100 cm³/mol. The molecule has 0 atom stereocenters. The van der Waals surface area contributed by atoms with E-state index < -0.39 is 0 Å². The lowest BCUT2D eigenvalue weighted by Crippen LogP contribution is -1.92. The summed E-state index contributed by atoms with van der Waals surface area (Å²) >= 11 is 7.20. The highest BCUT2D eigenvalue weighted by atomic mass is 35.5. The molecular formula is C18H11ClN4O4S. The fraction of sp³-hybridized carbons (Fsp3) is 0.111. The molecule has 8 nitrogen and oxygen atoms in total. The fourth-order valence-corrected chi connectivity index (χ4v) is 3.28. The van der Waals surface area contributed by atoms with Crippen molar-refractivity contribution in [3.8, 4) is 34.4 Å². The van der Waals surface area contributed by atoms with Crippen LogP contribution in [0.15, 0.2) is 56.5 Å². The Morgan fingerprint density at radius 1 is 0.821 bits per heavy atom. The molecule has 0 radical (unpaired) electrons. The molecule has 0 amide bonds. The summed E-state index contributed by atoms with van der Waals surface area (Å²) in [4.78, 5) is 0. The molecule has 5 rings (SSSR count). The van der Waals surface area contributed by atoms with Gasteiger partial charge in [-0.15, -0.1) is 20.4 Å². The zero-order valence-electron chi connectivity index (χ0n) is 14.2. The quantitative estimate of drug-likeness (QED) is 0.438. The maximum Gasteiger partial charge on any atom is 0.277 e. The Bertz CT molecular complexity index is 1130. The summed E-state index contributed by atoms with van der Waals surface area (Å²) in [6.45, 7) is 0.214. The van der Waals surface area contributed by atoms with Gasteiger partial charge in [0.25, 0.3) is 5.22 Å². The van der Waals surface area contributed by atoms with Gasteiger partial charge in [0, 0.05) is 16.1 Å². The van der Waals surface area contributed by atoms with Gasteiger partial charge in [0.15, 0.2) is 11.5 Å². The number of fused-ring (bicyclic) bond motifs is 1. The largest absolute Gasteiger partial charge is 0.454 e. The number of hydrogen-bond donors (Lipinski definition) is 0. The molecule has 0 aliphatic carbocycles. The molecule has 4 aromatic rings. The van der Waals surface area contributed by atoms with Crippen LogP contribution < -0.4 is 9.47 Å². The third-order valence-electron chi connectivity index (χ3n) is 3.90. The van der Waals surface area contributed by atoms with Crippen LogP contribution in [0.2, 0.25) is 5.02 Å². The molecule has 10 heteroatoms. The van der Waals surface area contributed by atoms with Crippen LogP contribution in [0.1, 0.15) is 5.89 Å². The molecule has 0 N–H and O–H groups in total. The molecule has 3 heterocycles. The molecule has 0 saturated heterocycles. The van der Waals surface area contributed by atoms with Crippen molar-refractivity contribution < 1.29 is 18.3 Å². The average molecular weight is 415 g/mol. The summed E-state index contributed by atoms with van der Waals surface area (Å²) in [5, 5.41) is 17.3. The molecule has 0 spiro atoms. The minimum absolute atomic E-state index is 0.214. The molecule has 2 aromatic carbocycles. The van der Waals surface area contributed by atoms with Crippen molar-refractivity contribution in [3.63, 3.8) is 0 Å².